The lowest BCUT2D eigenvalue weighted by atomic mass is 10.1. The van der Waals surface area contributed by atoms with Gasteiger partial charge in [-0.2, -0.15) is 5.10 Å². The first-order valence-electron chi connectivity index (χ1n) is 8.71. The van der Waals surface area contributed by atoms with Gasteiger partial charge in [0.1, 0.15) is 0 Å². The van der Waals surface area contributed by atoms with E-state index in [0.717, 1.165) is 22.1 Å². The fourth-order valence-electron chi connectivity index (χ4n) is 3.23. The molecule has 0 atom stereocenters. The Bertz CT molecular complexity index is 1240. The highest BCUT2D eigenvalue weighted by Gasteiger charge is 2.09. The van der Waals surface area contributed by atoms with Crippen molar-refractivity contribution in [2.75, 3.05) is 0 Å². The topological polar surface area (TPSA) is 89.1 Å². The van der Waals surface area contributed by atoms with E-state index in [1.165, 1.54) is 6.07 Å². The molecule has 140 valence electrons. The molecule has 2 N–H and O–H groups in total. The zero-order valence-electron chi connectivity index (χ0n) is 15.2. The summed E-state index contributed by atoms with van der Waals surface area (Å²) in [6.45, 7) is 0.402. The predicted molar refractivity (Wildman–Crippen MR) is 105 cm³/mol. The minimum atomic E-state index is -0.652. The minimum Gasteiger partial charge on any atom is -0.311 e. The number of carbonyl (C=O) groups excluding carboxylic acids is 1. The molecule has 7 heteroatoms. The van der Waals surface area contributed by atoms with E-state index < -0.39 is 5.91 Å². The third-order valence-corrected chi connectivity index (χ3v) is 4.66. The second-order valence-corrected chi connectivity index (χ2v) is 6.59. The van der Waals surface area contributed by atoms with Crippen molar-refractivity contribution in [1.82, 2.24) is 19.8 Å². The summed E-state index contributed by atoms with van der Waals surface area (Å²) < 4.78 is 3.35. The molecule has 0 saturated carbocycles. The molecule has 0 aliphatic heterocycles. The fraction of sp³-hybridized carbons (Fsp3) is 0.0952. The second kappa shape index (κ2) is 7.13. The van der Waals surface area contributed by atoms with Crippen LogP contribution in [-0.2, 0) is 13.6 Å². The molecule has 4 rings (SSSR count). The van der Waals surface area contributed by atoms with Crippen LogP contribution in [0.3, 0.4) is 0 Å². The first kappa shape index (κ1) is 17.7. The lowest BCUT2D eigenvalue weighted by Gasteiger charge is -2.09. The molecule has 0 aliphatic rings. The normalized spacial score (nSPS) is 10.9. The van der Waals surface area contributed by atoms with Gasteiger partial charge < -0.3 is 4.57 Å². The quantitative estimate of drug-likeness (QED) is 0.424. The largest absolute Gasteiger partial charge is 0.311 e. The molecule has 1 amide bonds. The molecule has 0 unspecified atom stereocenters. The summed E-state index contributed by atoms with van der Waals surface area (Å²) in [6, 6.07) is 14.5. The van der Waals surface area contributed by atoms with E-state index in [1.54, 1.807) is 39.3 Å². The Labute approximate surface area is 160 Å². The lowest BCUT2D eigenvalue weighted by Crippen LogP contribution is -2.22. The molecule has 0 aliphatic carbocycles. The maximum absolute atomic E-state index is 12.9. The number of nitrogens with zero attached hydrogens (tertiary/aromatic N) is 3. The van der Waals surface area contributed by atoms with Gasteiger partial charge in [0.2, 0.25) is 0 Å². The Morgan fingerprint density at radius 3 is 2.75 bits per heavy atom. The number of fused-ring (bicyclic) bond motifs is 1. The number of nitrogens with one attached hydrogen (secondary N) is 1. The van der Waals surface area contributed by atoms with E-state index >= 15 is 0 Å². The molecule has 4 aromatic rings. The van der Waals surface area contributed by atoms with Gasteiger partial charge in [0.05, 0.1) is 12.7 Å². The molecular weight excluding hydrogens is 356 g/mol. The van der Waals surface area contributed by atoms with Crippen LogP contribution in [0.4, 0.5) is 0 Å². The molecular formula is C21H18N4O3. The summed E-state index contributed by atoms with van der Waals surface area (Å²) >= 11 is 0. The van der Waals surface area contributed by atoms with Gasteiger partial charge in [0, 0.05) is 36.0 Å². The van der Waals surface area contributed by atoms with Crippen LogP contribution in [0.2, 0.25) is 0 Å². The molecule has 7 nitrogen and oxygen atoms in total. The van der Waals surface area contributed by atoms with Gasteiger partial charge in [-0.25, -0.2) is 5.48 Å². The van der Waals surface area contributed by atoms with Crippen LogP contribution in [-0.4, -0.2) is 25.5 Å². The average Bonchev–Trinajstić information content (AvgIpc) is 3.16. The number of hydrogen-bond donors (Lipinski definition) is 2. The van der Waals surface area contributed by atoms with Crippen LogP contribution in [0.25, 0.3) is 21.9 Å². The van der Waals surface area contributed by atoms with Gasteiger partial charge in [-0.05, 0) is 40.8 Å². The van der Waals surface area contributed by atoms with E-state index in [2.05, 4.69) is 5.10 Å². The van der Waals surface area contributed by atoms with Crippen LogP contribution in [0.5, 0.6) is 0 Å². The summed E-state index contributed by atoms with van der Waals surface area (Å²) in [5, 5.41) is 14.2. The number of hydroxylamine groups is 1. The minimum absolute atomic E-state index is 0.197. The molecule has 0 bridgehead atoms. The number of rotatable bonds is 4. The Hall–Kier alpha value is -3.71. The van der Waals surface area contributed by atoms with E-state index in [4.69, 9.17) is 5.21 Å². The van der Waals surface area contributed by atoms with Gasteiger partial charge in [-0.1, -0.05) is 24.3 Å². The second-order valence-electron chi connectivity index (χ2n) is 6.59. The third-order valence-electron chi connectivity index (χ3n) is 4.66. The van der Waals surface area contributed by atoms with Crippen molar-refractivity contribution in [2.24, 2.45) is 7.05 Å². The summed E-state index contributed by atoms with van der Waals surface area (Å²) in [4.78, 5) is 24.6. The number of carbonyl (C=O) groups is 1. The number of benzene rings is 2. The van der Waals surface area contributed by atoms with Crippen LogP contribution in [0, 0.1) is 0 Å². The number of aryl methyl sites for hydroxylation is 1. The fourth-order valence-corrected chi connectivity index (χ4v) is 3.23. The van der Waals surface area contributed by atoms with Gasteiger partial charge >= 0.3 is 0 Å². The van der Waals surface area contributed by atoms with Crippen molar-refractivity contribution in [1.29, 1.82) is 0 Å². The van der Waals surface area contributed by atoms with Crippen molar-refractivity contribution in [3.05, 3.63) is 88.6 Å². The van der Waals surface area contributed by atoms with Crippen LogP contribution >= 0.6 is 0 Å². The summed E-state index contributed by atoms with van der Waals surface area (Å²) in [5.74, 6) is -0.652. The Kier molecular flexibility index (Phi) is 4.50. The van der Waals surface area contributed by atoms with Crippen molar-refractivity contribution >= 4 is 16.7 Å². The van der Waals surface area contributed by atoms with Crippen molar-refractivity contribution in [3.8, 4) is 11.1 Å². The Morgan fingerprint density at radius 1 is 1.14 bits per heavy atom. The van der Waals surface area contributed by atoms with Gasteiger partial charge in [0.15, 0.2) is 0 Å². The van der Waals surface area contributed by atoms with E-state index in [-0.39, 0.29) is 11.1 Å². The first-order chi connectivity index (χ1) is 13.5. The molecule has 0 fully saturated rings. The number of aromatic nitrogens is 3. The van der Waals surface area contributed by atoms with Gasteiger partial charge in [-0.15, -0.1) is 0 Å². The number of pyridine rings is 1. The van der Waals surface area contributed by atoms with Crippen molar-refractivity contribution < 1.29 is 10.0 Å². The van der Waals surface area contributed by atoms with Crippen LogP contribution < -0.4 is 11.0 Å². The number of amides is 1. The first-order valence-corrected chi connectivity index (χ1v) is 8.71. The maximum Gasteiger partial charge on any atom is 0.274 e. The molecule has 28 heavy (non-hydrogen) atoms. The molecule has 2 heterocycles. The molecule has 0 saturated heterocycles. The van der Waals surface area contributed by atoms with Gasteiger partial charge in [-0.3, -0.25) is 19.5 Å². The highest BCUT2D eigenvalue weighted by atomic mass is 16.5. The van der Waals surface area contributed by atoms with Crippen LogP contribution in [0.1, 0.15) is 15.9 Å². The monoisotopic (exact) mass is 374 g/mol. The predicted octanol–water partition coefficient (Wildman–Crippen LogP) is 2.57. The molecule has 2 aromatic carbocycles. The van der Waals surface area contributed by atoms with Crippen molar-refractivity contribution in [2.45, 2.75) is 6.54 Å². The highest BCUT2D eigenvalue weighted by Crippen LogP contribution is 2.20. The van der Waals surface area contributed by atoms with E-state index in [1.807, 2.05) is 43.6 Å². The average molecular weight is 374 g/mol. The van der Waals surface area contributed by atoms with Gasteiger partial charge in [0.25, 0.3) is 11.5 Å². The lowest BCUT2D eigenvalue weighted by molar-refractivity contribution is 0.0706. The molecule has 2 aromatic heterocycles. The smallest absolute Gasteiger partial charge is 0.274 e. The molecule has 0 radical (unpaired) electrons. The standard InChI is InChI=1S/C21H18N4O3/c1-24-13-18(11-22-24)16-4-2-3-14(9-16)12-25-8-7-15-5-6-17(20(26)23-28)10-19(15)21(25)27/h2-11,13,28H,12H2,1H3,(H,23,26). The summed E-state index contributed by atoms with van der Waals surface area (Å²) in [7, 11) is 1.87. The summed E-state index contributed by atoms with van der Waals surface area (Å²) in [5.41, 5.74) is 4.63. The SMILES string of the molecule is Cn1cc(-c2cccc(Cn3ccc4ccc(C(=O)NO)cc4c3=O)c2)cn1. The Balaban J connectivity index is 1.71. The van der Waals surface area contributed by atoms with Crippen molar-refractivity contribution in [3.63, 3.8) is 0 Å². The summed E-state index contributed by atoms with van der Waals surface area (Å²) in [6.07, 6.45) is 5.48. The maximum atomic E-state index is 12.9. The van der Waals surface area contributed by atoms with E-state index in [9.17, 15) is 9.59 Å². The number of hydrogen-bond acceptors (Lipinski definition) is 4. The Morgan fingerprint density at radius 2 is 2.00 bits per heavy atom. The van der Waals surface area contributed by atoms with Crippen LogP contribution in [0.15, 0.2) is 71.9 Å². The zero-order valence-corrected chi connectivity index (χ0v) is 15.2. The highest BCUT2D eigenvalue weighted by molar-refractivity contribution is 5.97. The van der Waals surface area contributed by atoms with E-state index in [0.29, 0.717) is 11.9 Å². The third kappa shape index (κ3) is 3.30. The zero-order chi connectivity index (χ0) is 19.7. The molecule has 0 spiro atoms.